The topological polar surface area (TPSA) is 143 Å². The minimum Gasteiger partial charge on any atom is -0.382 e. The lowest BCUT2D eigenvalue weighted by Crippen LogP contribution is -2.39. The maximum atomic E-state index is 14.2. The molecule has 0 spiro atoms. The number of halogens is 1. The third kappa shape index (κ3) is 6.08. The number of rotatable bonds is 9. The molecular weight excluding hydrogens is 349 g/mol. The van der Waals surface area contributed by atoms with Gasteiger partial charge in [0.15, 0.2) is 0 Å². The van der Waals surface area contributed by atoms with Crippen LogP contribution in [-0.2, 0) is 9.53 Å². The first-order valence-electron chi connectivity index (χ1n) is 7.06. The highest BCUT2D eigenvalue weighted by Crippen LogP contribution is 2.27. The Balaban J connectivity index is 3.28. The van der Waals surface area contributed by atoms with E-state index in [9.17, 15) is 14.0 Å². The fourth-order valence-electron chi connectivity index (χ4n) is 1.92. The molecule has 2 amide bonds. The Morgan fingerprint density at radius 1 is 1.40 bits per heavy atom. The van der Waals surface area contributed by atoms with Crippen molar-refractivity contribution in [1.29, 1.82) is 5.41 Å². The van der Waals surface area contributed by atoms with Crippen molar-refractivity contribution < 1.29 is 18.7 Å². The second-order valence-electron chi connectivity index (χ2n) is 5.13. The molecule has 0 fully saturated rings. The van der Waals surface area contributed by atoms with Crippen molar-refractivity contribution in [2.24, 2.45) is 11.5 Å². The van der Waals surface area contributed by atoms with Crippen LogP contribution in [0.15, 0.2) is 23.2 Å². The molecule has 1 atom stereocenters. The van der Waals surface area contributed by atoms with E-state index in [1.807, 2.05) is 0 Å². The number of anilines is 2. The fourth-order valence-corrected chi connectivity index (χ4v) is 2.23. The van der Waals surface area contributed by atoms with Crippen LogP contribution < -0.4 is 22.1 Å². The molecule has 0 saturated carbocycles. The van der Waals surface area contributed by atoms with Gasteiger partial charge in [0.25, 0.3) is 5.91 Å². The number of benzene rings is 1. The van der Waals surface area contributed by atoms with Gasteiger partial charge >= 0.3 is 0 Å². The number of allylic oxidation sites excluding steroid dienone is 1. The van der Waals surface area contributed by atoms with Crippen molar-refractivity contribution in [3.63, 3.8) is 0 Å². The molecule has 0 heterocycles. The third-order valence-electron chi connectivity index (χ3n) is 3.00. The van der Waals surface area contributed by atoms with Crippen LogP contribution in [0, 0.1) is 11.2 Å². The number of amides is 2. The zero-order chi connectivity index (χ0) is 19.1. The maximum Gasteiger partial charge on any atom is 0.250 e. The van der Waals surface area contributed by atoms with Crippen molar-refractivity contribution in [1.82, 2.24) is 0 Å². The molecule has 0 aromatic heterocycles. The predicted molar refractivity (Wildman–Crippen MR) is 97.5 cm³/mol. The molecule has 10 heteroatoms. The van der Waals surface area contributed by atoms with E-state index >= 15 is 0 Å². The molecule has 0 aliphatic carbocycles. The molecule has 136 valence electrons. The van der Waals surface area contributed by atoms with Crippen LogP contribution in [0.3, 0.4) is 0 Å². The summed E-state index contributed by atoms with van der Waals surface area (Å²) in [4.78, 5) is 22.9. The molecule has 0 unspecified atom stereocenters. The fraction of sp³-hybridized carbons (Fsp3) is 0.267. The Kier molecular flexibility index (Phi) is 7.40. The first kappa shape index (κ1) is 20.5. The van der Waals surface area contributed by atoms with Gasteiger partial charge in [-0.3, -0.25) is 9.59 Å². The second-order valence-corrected chi connectivity index (χ2v) is 5.62. The monoisotopic (exact) mass is 369 g/mol. The van der Waals surface area contributed by atoms with E-state index in [0.29, 0.717) is 0 Å². The number of hydrogen-bond acceptors (Lipinski definition) is 7. The number of thiol groups is 1. The van der Waals surface area contributed by atoms with E-state index in [4.69, 9.17) is 21.6 Å². The van der Waals surface area contributed by atoms with Crippen LogP contribution in [0.2, 0.25) is 0 Å². The SMILES string of the molecule is COC[C@@H](Nc1cc(N/C(S)=C/C(C)=N)c(C(N)=O)cc1F)C(N)=O. The van der Waals surface area contributed by atoms with Gasteiger partial charge in [-0.25, -0.2) is 4.39 Å². The van der Waals surface area contributed by atoms with Crippen LogP contribution >= 0.6 is 12.6 Å². The van der Waals surface area contributed by atoms with Gasteiger partial charge in [0, 0.05) is 12.8 Å². The molecule has 0 aliphatic heterocycles. The van der Waals surface area contributed by atoms with E-state index < -0.39 is 23.7 Å². The Bertz CT molecular complexity index is 723. The lowest BCUT2D eigenvalue weighted by Gasteiger charge is -2.18. The lowest BCUT2D eigenvalue weighted by molar-refractivity contribution is -0.119. The van der Waals surface area contributed by atoms with Gasteiger partial charge < -0.3 is 32.2 Å². The van der Waals surface area contributed by atoms with Crippen LogP contribution in [0.25, 0.3) is 0 Å². The quantitative estimate of drug-likeness (QED) is 0.285. The van der Waals surface area contributed by atoms with E-state index in [0.717, 1.165) is 6.07 Å². The number of ether oxygens (including phenoxy) is 1. The Morgan fingerprint density at radius 2 is 2.04 bits per heavy atom. The van der Waals surface area contributed by atoms with Gasteiger partial charge in [0.2, 0.25) is 5.91 Å². The summed E-state index contributed by atoms with van der Waals surface area (Å²) in [6.07, 6.45) is 1.39. The Hall–Kier alpha value is -2.59. The molecule has 1 aromatic rings. The highest BCUT2D eigenvalue weighted by molar-refractivity contribution is 7.84. The average molecular weight is 369 g/mol. The molecule has 7 N–H and O–H groups in total. The summed E-state index contributed by atoms with van der Waals surface area (Å²) >= 11 is 4.14. The van der Waals surface area contributed by atoms with Crippen LogP contribution in [0.4, 0.5) is 15.8 Å². The molecule has 0 bridgehead atoms. The number of nitrogens with one attached hydrogen (secondary N) is 3. The zero-order valence-electron chi connectivity index (χ0n) is 13.7. The second kappa shape index (κ2) is 9.04. The summed E-state index contributed by atoms with van der Waals surface area (Å²) in [5.41, 5.74) is 10.7. The highest BCUT2D eigenvalue weighted by atomic mass is 32.1. The number of primary amides is 2. The maximum absolute atomic E-state index is 14.2. The molecular formula is C15H20FN5O3S. The largest absolute Gasteiger partial charge is 0.382 e. The first-order valence-corrected chi connectivity index (χ1v) is 7.51. The number of hydrogen-bond donors (Lipinski definition) is 6. The Morgan fingerprint density at radius 3 is 2.52 bits per heavy atom. The molecule has 1 aromatic carbocycles. The van der Waals surface area contributed by atoms with Crippen molar-refractivity contribution in [3.8, 4) is 0 Å². The van der Waals surface area contributed by atoms with E-state index in [1.165, 1.54) is 26.2 Å². The van der Waals surface area contributed by atoms with Gasteiger partial charge in [-0.05, 0) is 25.1 Å². The summed E-state index contributed by atoms with van der Waals surface area (Å²) in [6, 6.07) is 1.21. The van der Waals surface area contributed by atoms with E-state index in [2.05, 4.69) is 23.3 Å². The van der Waals surface area contributed by atoms with E-state index in [-0.39, 0.29) is 34.3 Å². The summed E-state index contributed by atoms with van der Waals surface area (Å²) in [7, 11) is 1.37. The van der Waals surface area contributed by atoms with Crippen molar-refractivity contribution >= 4 is 41.5 Å². The lowest BCUT2D eigenvalue weighted by atomic mass is 10.1. The number of carbonyl (C=O) groups is 2. The standard InChI is InChI=1S/C15H20FN5O3S/c1-7(17)3-13(25)21-10-5-11(9(16)4-8(10)14(18)22)20-12(6-24-2)15(19)23/h3-5,12,17,20-21,25H,6H2,1-2H3,(H2,18,22)(H2,19,23)/b13-3-,17-7?/t12-/m1/s1. The minimum atomic E-state index is -0.971. The molecule has 1 rings (SSSR count). The number of carbonyl (C=O) groups excluding carboxylic acids is 2. The summed E-state index contributed by atoms with van der Waals surface area (Å²) < 4.78 is 19.1. The smallest absolute Gasteiger partial charge is 0.250 e. The predicted octanol–water partition coefficient (Wildman–Crippen LogP) is 1.06. The van der Waals surface area contributed by atoms with Crippen molar-refractivity contribution in [2.75, 3.05) is 24.4 Å². The third-order valence-corrected chi connectivity index (χ3v) is 3.24. The van der Waals surface area contributed by atoms with Gasteiger partial charge in [-0.2, -0.15) is 0 Å². The van der Waals surface area contributed by atoms with Crippen LogP contribution in [-0.4, -0.2) is 37.3 Å². The van der Waals surface area contributed by atoms with Gasteiger partial charge in [0.1, 0.15) is 11.9 Å². The Labute approximate surface area is 149 Å². The van der Waals surface area contributed by atoms with Crippen molar-refractivity contribution in [3.05, 3.63) is 34.6 Å². The van der Waals surface area contributed by atoms with Gasteiger partial charge in [-0.1, -0.05) is 0 Å². The number of nitrogens with two attached hydrogens (primary N) is 2. The molecule has 25 heavy (non-hydrogen) atoms. The number of methoxy groups -OCH3 is 1. The minimum absolute atomic E-state index is 0.0696. The zero-order valence-corrected chi connectivity index (χ0v) is 14.6. The summed E-state index contributed by atoms with van der Waals surface area (Å²) in [5, 5.41) is 13.0. The molecule has 0 saturated heterocycles. The van der Waals surface area contributed by atoms with Crippen molar-refractivity contribution in [2.45, 2.75) is 13.0 Å². The van der Waals surface area contributed by atoms with Crippen LogP contribution in [0.5, 0.6) is 0 Å². The first-order chi connectivity index (χ1) is 11.6. The van der Waals surface area contributed by atoms with Gasteiger partial charge in [0.05, 0.1) is 28.6 Å². The highest BCUT2D eigenvalue weighted by Gasteiger charge is 2.20. The average Bonchev–Trinajstić information content (AvgIpc) is 2.48. The van der Waals surface area contributed by atoms with E-state index in [1.54, 1.807) is 0 Å². The summed E-state index contributed by atoms with van der Waals surface area (Å²) in [6.45, 7) is 1.46. The molecule has 0 aliphatic rings. The normalized spacial score (nSPS) is 12.4. The summed E-state index contributed by atoms with van der Waals surface area (Å²) in [5.74, 6) is -2.39. The molecule has 0 radical (unpaired) electrons. The van der Waals surface area contributed by atoms with Gasteiger partial charge in [-0.15, -0.1) is 12.6 Å². The van der Waals surface area contributed by atoms with Crippen LogP contribution in [0.1, 0.15) is 17.3 Å². The molecule has 8 nitrogen and oxygen atoms in total.